The zero-order valence-electron chi connectivity index (χ0n) is 38.4. The van der Waals surface area contributed by atoms with Crippen LogP contribution in [0, 0.1) is 27.7 Å². The predicted molar refractivity (Wildman–Crippen MR) is 278 cm³/mol. The average Bonchev–Trinajstić information content (AvgIpc) is 3.31. The summed E-state index contributed by atoms with van der Waals surface area (Å²) in [5.74, 6) is 0.590. The lowest BCUT2D eigenvalue weighted by Gasteiger charge is -2.32. The molecule has 2 nitrogen and oxygen atoms in total. The van der Waals surface area contributed by atoms with Gasteiger partial charge in [-0.25, -0.2) is 0 Å². The standard InChI is InChI=1S/C62H56N2/c1-39(2)55-37-59(63(49-25-19-41(5)20-26-49)57-33-23-47(35-43(57)7)45-15-11-9-12-16-45)53-32-30-52-56(40(3)4)38-60(54-31-29-51(55)61(53)62(52)54)64(50-27-21-42(6)22-28-50)58-34-24-48(36-44(58)8)46-17-13-10-14-18-46/h9-40H,1-8H3. The highest BCUT2D eigenvalue weighted by atomic mass is 15.2. The summed E-state index contributed by atoms with van der Waals surface area (Å²) >= 11 is 0. The van der Waals surface area contributed by atoms with Gasteiger partial charge in [0.2, 0.25) is 0 Å². The highest BCUT2D eigenvalue weighted by molar-refractivity contribution is 6.29. The summed E-state index contributed by atoms with van der Waals surface area (Å²) < 4.78 is 0. The van der Waals surface area contributed by atoms with E-state index in [1.54, 1.807) is 0 Å². The highest BCUT2D eigenvalue weighted by Crippen LogP contribution is 2.52. The summed E-state index contributed by atoms with van der Waals surface area (Å²) in [5.41, 5.74) is 19.6. The van der Waals surface area contributed by atoms with Crippen LogP contribution in [0.1, 0.15) is 72.9 Å². The van der Waals surface area contributed by atoms with Crippen molar-refractivity contribution in [1.29, 1.82) is 0 Å². The number of aryl methyl sites for hydroxylation is 4. The minimum absolute atomic E-state index is 0.295. The van der Waals surface area contributed by atoms with Crippen LogP contribution in [-0.2, 0) is 0 Å². The fraction of sp³-hybridized carbons (Fsp3) is 0.161. The average molecular weight is 829 g/mol. The number of nitrogens with zero attached hydrogens (tertiary/aromatic N) is 2. The molecule has 10 aromatic rings. The van der Waals surface area contributed by atoms with Crippen molar-refractivity contribution in [2.24, 2.45) is 0 Å². The Balaban J connectivity index is 1.27. The highest BCUT2D eigenvalue weighted by Gasteiger charge is 2.27. The Kier molecular flexibility index (Phi) is 10.6. The van der Waals surface area contributed by atoms with Gasteiger partial charge in [0.15, 0.2) is 0 Å². The van der Waals surface area contributed by atoms with Crippen molar-refractivity contribution in [1.82, 2.24) is 0 Å². The normalized spacial score (nSPS) is 11.7. The maximum absolute atomic E-state index is 2.52. The van der Waals surface area contributed by atoms with Crippen LogP contribution in [0.3, 0.4) is 0 Å². The second-order valence-corrected chi connectivity index (χ2v) is 18.4. The molecule has 0 spiro atoms. The van der Waals surface area contributed by atoms with Crippen LogP contribution in [0.25, 0.3) is 54.6 Å². The van der Waals surface area contributed by atoms with Gasteiger partial charge in [-0.2, -0.15) is 0 Å². The molecule has 2 heteroatoms. The zero-order valence-corrected chi connectivity index (χ0v) is 38.4. The molecular weight excluding hydrogens is 773 g/mol. The molecule has 64 heavy (non-hydrogen) atoms. The van der Waals surface area contributed by atoms with Crippen LogP contribution in [-0.4, -0.2) is 0 Å². The summed E-state index contributed by atoms with van der Waals surface area (Å²) in [6.07, 6.45) is 0. The number of benzene rings is 10. The second-order valence-electron chi connectivity index (χ2n) is 18.4. The van der Waals surface area contributed by atoms with E-state index in [0.717, 1.165) is 11.4 Å². The number of anilines is 6. The molecule has 0 aromatic heterocycles. The third-order valence-electron chi connectivity index (χ3n) is 13.3. The number of hydrogen-bond acceptors (Lipinski definition) is 2. The van der Waals surface area contributed by atoms with E-state index in [-0.39, 0.29) is 0 Å². The van der Waals surface area contributed by atoms with E-state index in [2.05, 4.69) is 247 Å². The minimum Gasteiger partial charge on any atom is -0.310 e. The van der Waals surface area contributed by atoms with Crippen molar-refractivity contribution < 1.29 is 0 Å². The third-order valence-corrected chi connectivity index (χ3v) is 13.3. The van der Waals surface area contributed by atoms with Gasteiger partial charge >= 0.3 is 0 Å². The fourth-order valence-corrected chi connectivity index (χ4v) is 9.97. The summed E-state index contributed by atoms with van der Waals surface area (Å²) in [7, 11) is 0. The predicted octanol–water partition coefficient (Wildman–Crippen LogP) is 18.3. The van der Waals surface area contributed by atoms with Crippen molar-refractivity contribution in [3.05, 3.63) is 215 Å². The first-order chi connectivity index (χ1) is 31.0. The van der Waals surface area contributed by atoms with E-state index in [9.17, 15) is 0 Å². The summed E-state index contributed by atoms with van der Waals surface area (Å²) in [4.78, 5) is 5.03. The Morgan fingerprint density at radius 1 is 0.312 bits per heavy atom. The van der Waals surface area contributed by atoms with E-state index in [1.165, 1.54) is 111 Å². The van der Waals surface area contributed by atoms with E-state index in [0.29, 0.717) is 11.8 Å². The lowest BCUT2D eigenvalue weighted by molar-refractivity contribution is 0.875. The summed E-state index contributed by atoms with van der Waals surface area (Å²) in [5, 5.41) is 7.81. The molecule has 0 aliphatic heterocycles. The van der Waals surface area contributed by atoms with Gasteiger partial charge in [0.05, 0.1) is 11.4 Å². The Labute approximate surface area is 379 Å². The lowest BCUT2D eigenvalue weighted by Crippen LogP contribution is -2.14. The largest absolute Gasteiger partial charge is 0.310 e. The van der Waals surface area contributed by atoms with Crippen LogP contribution < -0.4 is 9.80 Å². The molecule has 0 radical (unpaired) electrons. The maximum atomic E-state index is 2.52. The molecule has 0 amide bonds. The monoisotopic (exact) mass is 828 g/mol. The Bertz CT molecular complexity index is 3060. The van der Waals surface area contributed by atoms with Crippen molar-refractivity contribution in [2.75, 3.05) is 9.80 Å². The number of rotatable bonds is 10. The van der Waals surface area contributed by atoms with Crippen LogP contribution in [0.15, 0.2) is 182 Å². The Morgan fingerprint density at radius 2 is 0.672 bits per heavy atom. The van der Waals surface area contributed by atoms with Gasteiger partial charge in [0.1, 0.15) is 0 Å². The zero-order chi connectivity index (χ0) is 44.2. The van der Waals surface area contributed by atoms with Crippen LogP contribution in [0.2, 0.25) is 0 Å². The van der Waals surface area contributed by atoms with Crippen molar-refractivity contribution >= 4 is 66.4 Å². The molecule has 0 heterocycles. The fourth-order valence-electron chi connectivity index (χ4n) is 9.97. The SMILES string of the molecule is Cc1ccc(N(c2ccc(-c3ccccc3)cc2C)c2cc(C(C)C)c3ccc4c(N(c5ccc(C)cc5)c5ccc(-c6ccccc6)cc5C)cc(C(C)C)c5ccc2c3c54)cc1. The minimum atomic E-state index is 0.295. The van der Waals surface area contributed by atoms with Crippen LogP contribution in [0.4, 0.5) is 34.1 Å². The van der Waals surface area contributed by atoms with Crippen LogP contribution in [0.5, 0.6) is 0 Å². The molecule has 0 saturated carbocycles. The molecule has 0 aliphatic rings. The molecule has 0 unspecified atom stereocenters. The van der Waals surface area contributed by atoms with E-state index >= 15 is 0 Å². The van der Waals surface area contributed by atoms with Gasteiger partial charge in [0, 0.05) is 33.5 Å². The molecule has 10 rings (SSSR count). The van der Waals surface area contributed by atoms with E-state index < -0.39 is 0 Å². The molecule has 10 aromatic carbocycles. The molecule has 0 bridgehead atoms. The van der Waals surface area contributed by atoms with Crippen molar-refractivity contribution in [3.63, 3.8) is 0 Å². The van der Waals surface area contributed by atoms with Crippen molar-refractivity contribution in [3.8, 4) is 22.3 Å². The molecule has 0 aliphatic carbocycles. The quantitative estimate of drug-likeness (QED) is 0.127. The topological polar surface area (TPSA) is 6.48 Å². The van der Waals surface area contributed by atoms with Gasteiger partial charge < -0.3 is 9.80 Å². The molecule has 0 fully saturated rings. The lowest BCUT2D eigenvalue weighted by atomic mass is 9.84. The molecule has 314 valence electrons. The summed E-state index contributed by atoms with van der Waals surface area (Å²) in [6.45, 7) is 18.2. The first kappa shape index (κ1) is 40.9. The molecule has 0 N–H and O–H groups in total. The summed E-state index contributed by atoms with van der Waals surface area (Å²) in [6, 6.07) is 68.1. The van der Waals surface area contributed by atoms with Crippen molar-refractivity contribution in [2.45, 2.75) is 67.2 Å². The van der Waals surface area contributed by atoms with E-state index in [4.69, 9.17) is 0 Å². The maximum Gasteiger partial charge on any atom is 0.0543 e. The Hall–Kier alpha value is -7.16. The van der Waals surface area contributed by atoms with E-state index in [1.807, 2.05) is 0 Å². The molecule has 0 atom stereocenters. The first-order valence-corrected chi connectivity index (χ1v) is 22.9. The van der Waals surface area contributed by atoms with Gasteiger partial charge in [-0.3, -0.25) is 0 Å². The van der Waals surface area contributed by atoms with Gasteiger partial charge in [-0.05, 0) is 166 Å². The second kappa shape index (κ2) is 16.5. The van der Waals surface area contributed by atoms with Gasteiger partial charge in [-0.1, -0.05) is 160 Å². The molecule has 0 saturated heterocycles. The van der Waals surface area contributed by atoms with Gasteiger partial charge in [-0.15, -0.1) is 0 Å². The Morgan fingerprint density at radius 3 is 1.02 bits per heavy atom. The van der Waals surface area contributed by atoms with Crippen LogP contribution >= 0.6 is 0 Å². The van der Waals surface area contributed by atoms with Gasteiger partial charge in [0.25, 0.3) is 0 Å². The number of hydrogen-bond donors (Lipinski definition) is 0. The third kappa shape index (κ3) is 7.18. The smallest absolute Gasteiger partial charge is 0.0543 e. The molecular formula is C62H56N2. The first-order valence-electron chi connectivity index (χ1n) is 22.9.